The Morgan fingerprint density at radius 3 is 1.44 bits per heavy atom. The van der Waals surface area contributed by atoms with Crippen molar-refractivity contribution in [2.75, 3.05) is 14.2 Å². The number of ether oxygens (including phenoxy) is 2. The van der Waals surface area contributed by atoms with Crippen LogP contribution in [0.15, 0.2) is 84.7 Å². The van der Waals surface area contributed by atoms with Crippen LogP contribution in [0.1, 0.15) is 72.1 Å². The van der Waals surface area contributed by atoms with Crippen LogP contribution in [0.3, 0.4) is 0 Å². The fourth-order valence-corrected chi connectivity index (χ4v) is 15.4. The molecule has 10 nitrogen and oxygen atoms in total. The molecule has 0 saturated carbocycles. The molecule has 0 amide bonds. The summed E-state index contributed by atoms with van der Waals surface area (Å²) in [6.45, 7) is 4.35. The highest BCUT2D eigenvalue weighted by atomic mass is 79.9. The van der Waals surface area contributed by atoms with Crippen LogP contribution in [0.4, 0.5) is 0 Å². The lowest BCUT2D eigenvalue weighted by Crippen LogP contribution is -2.14. The van der Waals surface area contributed by atoms with E-state index in [1.165, 1.54) is 34.8 Å². The predicted octanol–water partition coefficient (Wildman–Crippen LogP) is 13.7. The number of nitriles is 6. The van der Waals surface area contributed by atoms with Crippen molar-refractivity contribution in [2.24, 2.45) is 0 Å². The maximum absolute atomic E-state index is 13.9. The molecule has 0 atom stereocenters. The summed E-state index contributed by atoms with van der Waals surface area (Å²) in [4.78, 5) is 36.0. The molecule has 5 heterocycles. The average Bonchev–Trinajstić information content (AvgIpc) is 4.17. The molecule has 3 aliphatic rings. The van der Waals surface area contributed by atoms with Gasteiger partial charge in [0.25, 0.3) is 0 Å². The molecule has 0 fully saturated rings. The second kappa shape index (κ2) is 17.0. The highest BCUT2D eigenvalue weighted by molar-refractivity contribution is 9.10. The summed E-state index contributed by atoms with van der Waals surface area (Å²) in [7, 11) is 3.16. The van der Waals surface area contributed by atoms with E-state index in [0.29, 0.717) is 41.3 Å². The largest absolute Gasteiger partial charge is 0.495 e. The SMILES string of the molecule is COc1cc(/C=C2\C(=O)c3cc(Br)c(C#N)cc3C2=C(C#N)C#N)sc1-c1cc2c(s1)-c1sc(-c3sc(/C=C4\C(=O)c5cc(Br)c(C#N)cc5C4=C(C#N)C#N)cc3OC)cc1C(C)(C)S2. The third-order valence-corrected chi connectivity index (χ3v) is 18.6. The van der Waals surface area contributed by atoms with Crippen molar-refractivity contribution in [3.63, 3.8) is 0 Å². The number of carbonyl (C=O) groups is 2. The summed E-state index contributed by atoms with van der Waals surface area (Å²) in [6, 6.07) is 26.0. The molecule has 17 heteroatoms. The lowest BCUT2D eigenvalue weighted by molar-refractivity contribution is 0.103. The Morgan fingerprint density at radius 1 is 0.576 bits per heavy atom. The zero-order valence-electron chi connectivity index (χ0n) is 34.4. The van der Waals surface area contributed by atoms with E-state index in [4.69, 9.17) is 9.47 Å². The molecule has 0 N–H and O–H groups in total. The molecule has 0 spiro atoms. The highest BCUT2D eigenvalue weighted by Crippen LogP contribution is 2.61. The molecular weight excluding hydrogens is 1060 g/mol. The van der Waals surface area contributed by atoms with E-state index in [1.807, 2.05) is 36.4 Å². The van der Waals surface area contributed by atoms with E-state index in [9.17, 15) is 41.2 Å². The third kappa shape index (κ3) is 7.09. The standard InChI is InChI=1S/C49H22Br2N6O4S5/c1-49(2)33-13-38(46-36(60-3)9-25(62-46)7-31-41(23(17-54)18-55)27-5-21(15-52)34(50)11-29(27)43(31)58)64-45(33)48-40(66-49)14-39(65-48)47-37(61-4)10-26(63-47)8-32-42(24(19-56)20-57)28-6-22(16-53)35(51)12-30(28)44(32)59/h5-14H,1-4H3/b31-7-,32-8-. The van der Waals surface area contributed by atoms with Crippen molar-refractivity contribution in [2.45, 2.75) is 23.5 Å². The number of methoxy groups -OCH3 is 2. The van der Waals surface area contributed by atoms with Gasteiger partial charge in [-0.15, -0.1) is 57.1 Å². The van der Waals surface area contributed by atoms with E-state index < -0.39 is 0 Å². The fraction of sp³-hybridized carbons (Fsp3) is 0.102. The molecule has 0 radical (unpaired) electrons. The first kappa shape index (κ1) is 44.6. The van der Waals surface area contributed by atoms with Crippen LogP contribution in [-0.4, -0.2) is 25.8 Å². The fourth-order valence-electron chi connectivity index (χ4n) is 8.03. The minimum Gasteiger partial charge on any atom is -0.495 e. The normalized spacial score (nSPS) is 15.2. The lowest BCUT2D eigenvalue weighted by Gasteiger charge is -2.29. The third-order valence-electron chi connectivity index (χ3n) is 11.0. The number of hydrogen-bond acceptors (Lipinski definition) is 15. The van der Waals surface area contributed by atoms with Crippen molar-refractivity contribution in [1.82, 2.24) is 0 Å². The number of rotatable bonds is 6. The summed E-state index contributed by atoms with van der Waals surface area (Å²) >= 11 is 14.6. The van der Waals surface area contributed by atoms with E-state index in [-0.39, 0.29) is 72.0 Å². The number of ketones is 2. The van der Waals surface area contributed by atoms with Gasteiger partial charge in [0.05, 0.1) is 44.9 Å². The van der Waals surface area contributed by atoms with Gasteiger partial charge in [0.15, 0.2) is 11.6 Å². The number of Topliss-reactive ketones (excluding diaryl/α,β-unsaturated/α-hetero) is 2. The monoisotopic (exact) mass is 1080 g/mol. The number of benzene rings is 2. The number of nitrogens with zero attached hydrogens (tertiary/aromatic N) is 6. The summed E-state index contributed by atoms with van der Waals surface area (Å²) in [5.74, 6) is 0.448. The maximum atomic E-state index is 13.9. The average molecular weight is 1080 g/mol. The topological polar surface area (TPSA) is 195 Å². The first-order chi connectivity index (χ1) is 31.7. The van der Waals surface area contributed by atoms with Crippen molar-refractivity contribution in [1.29, 1.82) is 31.6 Å². The van der Waals surface area contributed by atoms with Gasteiger partial charge in [-0.2, -0.15) is 31.6 Å². The number of thioether (sulfide) groups is 1. The zero-order chi connectivity index (χ0) is 46.9. The van der Waals surface area contributed by atoms with Crippen molar-refractivity contribution in [3.05, 3.63) is 128 Å². The van der Waals surface area contributed by atoms with Gasteiger partial charge in [-0.05, 0) is 123 Å². The minimum absolute atomic E-state index is 0.177. The Morgan fingerprint density at radius 2 is 1.02 bits per heavy atom. The van der Waals surface area contributed by atoms with E-state index in [0.717, 1.165) is 39.7 Å². The van der Waals surface area contributed by atoms with E-state index >= 15 is 0 Å². The highest BCUT2D eigenvalue weighted by Gasteiger charge is 2.38. The summed E-state index contributed by atoms with van der Waals surface area (Å²) in [5.41, 5.74) is 3.22. The molecular formula is C49H22Br2N6O4S5. The van der Waals surface area contributed by atoms with Crippen LogP contribution in [0.25, 0.3) is 52.6 Å². The van der Waals surface area contributed by atoms with Crippen LogP contribution in [-0.2, 0) is 4.75 Å². The number of halogens is 2. The second-order valence-corrected chi connectivity index (χ2v) is 22.7. The number of fused-ring (bicyclic) bond motifs is 5. The van der Waals surface area contributed by atoms with Gasteiger partial charge >= 0.3 is 0 Å². The summed E-state index contributed by atoms with van der Waals surface area (Å²) < 4.78 is 12.4. The molecule has 1 aliphatic heterocycles. The molecule has 316 valence electrons. The van der Waals surface area contributed by atoms with Crippen molar-refractivity contribution >= 4 is 124 Å². The molecule has 66 heavy (non-hydrogen) atoms. The lowest BCUT2D eigenvalue weighted by atomic mass is 9.98. The quantitative estimate of drug-likeness (QED) is 0.114. The Kier molecular flexibility index (Phi) is 11.5. The Bertz CT molecular complexity index is 3630. The molecule has 2 aliphatic carbocycles. The van der Waals surface area contributed by atoms with Crippen LogP contribution in [0, 0.1) is 68.0 Å². The molecule has 9 rings (SSSR count). The summed E-state index contributed by atoms with van der Waals surface area (Å²) in [5, 5.41) is 59.1. The second-order valence-electron chi connectivity index (χ2n) is 15.1. The minimum atomic E-state index is -0.366. The smallest absolute Gasteiger partial charge is 0.194 e. The number of allylic oxidation sites excluding steroid dienone is 6. The van der Waals surface area contributed by atoms with Crippen LogP contribution >= 0.6 is 89.0 Å². The molecule has 4 aromatic heterocycles. The van der Waals surface area contributed by atoms with Gasteiger partial charge in [-0.3, -0.25) is 9.59 Å². The van der Waals surface area contributed by atoms with Gasteiger partial charge < -0.3 is 9.47 Å². The van der Waals surface area contributed by atoms with Crippen LogP contribution < -0.4 is 9.47 Å². The van der Waals surface area contributed by atoms with Crippen LogP contribution in [0.2, 0.25) is 0 Å². The van der Waals surface area contributed by atoms with E-state index in [1.54, 1.807) is 72.9 Å². The molecule has 6 aromatic rings. The van der Waals surface area contributed by atoms with Gasteiger partial charge in [0, 0.05) is 71.5 Å². The van der Waals surface area contributed by atoms with Crippen molar-refractivity contribution in [3.8, 4) is 77.2 Å². The Hall–Kier alpha value is -6.61. The predicted molar refractivity (Wildman–Crippen MR) is 265 cm³/mol. The summed E-state index contributed by atoms with van der Waals surface area (Å²) in [6.07, 6.45) is 3.34. The maximum Gasteiger partial charge on any atom is 0.194 e. The Balaban J connectivity index is 1.10. The number of hydrogen-bond donors (Lipinski definition) is 0. The Labute approximate surface area is 414 Å². The molecule has 0 saturated heterocycles. The molecule has 2 aromatic carbocycles. The molecule has 0 unspecified atom stereocenters. The van der Waals surface area contributed by atoms with Gasteiger partial charge in [-0.1, -0.05) is 0 Å². The first-order valence-corrected chi connectivity index (χ1v) is 24.8. The first-order valence-electron chi connectivity index (χ1n) is 19.2. The van der Waals surface area contributed by atoms with Gasteiger partial charge in [0.2, 0.25) is 0 Å². The van der Waals surface area contributed by atoms with E-state index in [2.05, 4.69) is 70.0 Å². The van der Waals surface area contributed by atoms with Gasteiger partial charge in [-0.25, -0.2) is 0 Å². The number of thiophene rings is 4. The number of carbonyl (C=O) groups excluding carboxylic acids is 2. The molecule has 0 bridgehead atoms. The zero-order valence-corrected chi connectivity index (χ0v) is 41.6. The van der Waals surface area contributed by atoms with Crippen molar-refractivity contribution < 1.29 is 19.1 Å². The van der Waals surface area contributed by atoms with Gasteiger partial charge in [0.1, 0.15) is 59.1 Å². The van der Waals surface area contributed by atoms with Crippen LogP contribution in [0.5, 0.6) is 11.5 Å².